The van der Waals surface area contributed by atoms with Crippen LogP contribution in [-0.2, 0) is 7.05 Å². The van der Waals surface area contributed by atoms with Gasteiger partial charge in [0, 0.05) is 12.4 Å². The summed E-state index contributed by atoms with van der Waals surface area (Å²) in [6.45, 7) is 0. The quantitative estimate of drug-likeness (QED) is 0.773. The molecule has 0 saturated heterocycles. The Hall–Kier alpha value is -1.08. The Kier molecular flexibility index (Phi) is 2.42. The Labute approximate surface area is 92.0 Å². The van der Waals surface area contributed by atoms with Gasteiger partial charge in [0.05, 0.1) is 0 Å². The highest BCUT2D eigenvalue weighted by Crippen LogP contribution is 2.16. The number of nitrogens with zero attached hydrogens (tertiary/aromatic N) is 4. The molecule has 0 aliphatic carbocycles. The van der Waals surface area contributed by atoms with Crippen LogP contribution in [0.3, 0.4) is 0 Å². The predicted molar refractivity (Wildman–Crippen MR) is 54.2 cm³/mol. The van der Waals surface area contributed by atoms with Crippen molar-refractivity contribution in [1.29, 1.82) is 0 Å². The normalized spacial score (nSPS) is 10.4. The first kappa shape index (κ1) is 9.47. The summed E-state index contributed by atoms with van der Waals surface area (Å²) in [5, 5.41) is 9.21. The summed E-state index contributed by atoms with van der Waals surface area (Å²) < 4.78 is 5.82. The number of rotatable bonds is 2. The fourth-order valence-electron chi connectivity index (χ4n) is 1.02. The van der Waals surface area contributed by atoms with Crippen molar-refractivity contribution in [1.82, 2.24) is 19.4 Å². The third kappa shape index (κ3) is 1.48. The Morgan fingerprint density at radius 3 is 2.93 bits per heavy atom. The van der Waals surface area contributed by atoms with Crippen molar-refractivity contribution in [3.8, 4) is 0 Å². The van der Waals surface area contributed by atoms with Gasteiger partial charge in [-0.1, -0.05) is 5.21 Å². The number of aryl methyl sites for hydroxylation is 1. The third-order valence-corrected chi connectivity index (χ3v) is 2.77. The molecule has 0 unspecified atom stereocenters. The van der Waals surface area contributed by atoms with Gasteiger partial charge in [-0.05, 0) is 33.5 Å². The van der Waals surface area contributed by atoms with Crippen molar-refractivity contribution >= 4 is 33.2 Å². The van der Waals surface area contributed by atoms with Gasteiger partial charge in [0.1, 0.15) is 11.4 Å². The van der Waals surface area contributed by atoms with E-state index in [4.69, 9.17) is 0 Å². The van der Waals surface area contributed by atoms with Crippen LogP contribution in [0.1, 0.15) is 16.2 Å². The topological polar surface area (TPSA) is 60.7 Å². The average molecular weight is 273 g/mol. The Balaban J connectivity index is 2.46. The minimum absolute atomic E-state index is 0.175. The molecule has 14 heavy (non-hydrogen) atoms. The smallest absolute Gasteiger partial charge is 0.233 e. The molecular weight excluding hydrogens is 268 g/mol. The molecule has 0 N–H and O–H groups in total. The van der Waals surface area contributed by atoms with Crippen LogP contribution in [0.15, 0.2) is 16.0 Å². The molecule has 0 saturated carbocycles. The molecule has 0 aliphatic rings. The zero-order valence-corrected chi connectivity index (χ0v) is 9.54. The van der Waals surface area contributed by atoms with Crippen molar-refractivity contribution in [3.63, 3.8) is 0 Å². The highest BCUT2D eigenvalue weighted by atomic mass is 79.9. The number of aromatic nitrogens is 4. The highest BCUT2D eigenvalue weighted by molar-refractivity contribution is 9.10. The van der Waals surface area contributed by atoms with E-state index in [1.807, 2.05) is 0 Å². The van der Waals surface area contributed by atoms with Crippen molar-refractivity contribution in [2.45, 2.75) is 0 Å². The van der Waals surface area contributed by atoms with E-state index in [2.05, 4.69) is 30.6 Å². The van der Waals surface area contributed by atoms with Crippen LogP contribution in [0.25, 0.3) is 0 Å². The zero-order chi connectivity index (χ0) is 10.1. The summed E-state index contributed by atoms with van der Waals surface area (Å²) in [6.07, 6.45) is 0. The number of ketones is 1. The van der Waals surface area contributed by atoms with E-state index in [9.17, 15) is 4.79 Å². The molecule has 0 atom stereocenters. The lowest BCUT2D eigenvalue weighted by Crippen LogP contribution is -2.08. The monoisotopic (exact) mass is 272 g/mol. The minimum Gasteiger partial charge on any atom is -0.285 e. The van der Waals surface area contributed by atoms with Gasteiger partial charge >= 0.3 is 0 Å². The van der Waals surface area contributed by atoms with E-state index in [1.54, 1.807) is 18.5 Å². The molecule has 2 aromatic heterocycles. The van der Waals surface area contributed by atoms with Gasteiger partial charge in [-0.15, -0.1) is 5.10 Å². The SMILES string of the molecule is Cn1nnc(Br)c1C(=O)c1ccsn1. The van der Waals surface area contributed by atoms with Crippen molar-refractivity contribution in [2.24, 2.45) is 7.05 Å². The van der Waals surface area contributed by atoms with E-state index in [0.29, 0.717) is 16.0 Å². The van der Waals surface area contributed by atoms with Gasteiger partial charge in [0.2, 0.25) is 5.78 Å². The van der Waals surface area contributed by atoms with Gasteiger partial charge in [0.15, 0.2) is 4.60 Å². The summed E-state index contributed by atoms with van der Waals surface area (Å²) in [4.78, 5) is 11.8. The van der Waals surface area contributed by atoms with Crippen LogP contribution in [-0.4, -0.2) is 25.2 Å². The summed E-state index contributed by atoms with van der Waals surface area (Å²) >= 11 is 4.40. The lowest BCUT2D eigenvalue weighted by Gasteiger charge is -1.96. The van der Waals surface area contributed by atoms with Crippen LogP contribution < -0.4 is 0 Å². The fourth-order valence-corrected chi connectivity index (χ4v) is 2.04. The van der Waals surface area contributed by atoms with Crippen molar-refractivity contribution in [3.05, 3.63) is 27.4 Å². The van der Waals surface area contributed by atoms with Crippen LogP contribution in [0.5, 0.6) is 0 Å². The molecule has 2 rings (SSSR count). The van der Waals surface area contributed by atoms with Crippen LogP contribution in [0.4, 0.5) is 0 Å². The van der Waals surface area contributed by atoms with Gasteiger partial charge in [0.25, 0.3) is 0 Å². The molecule has 0 amide bonds. The Morgan fingerprint density at radius 1 is 1.64 bits per heavy atom. The first-order valence-corrected chi connectivity index (χ1v) is 5.33. The van der Waals surface area contributed by atoms with E-state index in [-0.39, 0.29) is 5.78 Å². The maximum absolute atomic E-state index is 11.8. The molecule has 7 heteroatoms. The number of hydrogen-bond donors (Lipinski definition) is 0. The molecule has 2 heterocycles. The summed E-state index contributed by atoms with van der Waals surface area (Å²) in [6, 6.07) is 1.67. The van der Waals surface area contributed by atoms with Crippen LogP contribution >= 0.6 is 27.5 Å². The second-order valence-corrected chi connectivity index (χ2v) is 3.98. The zero-order valence-electron chi connectivity index (χ0n) is 7.14. The number of hydrogen-bond acceptors (Lipinski definition) is 5. The molecule has 5 nitrogen and oxygen atoms in total. The average Bonchev–Trinajstić information content (AvgIpc) is 2.75. The Morgan fingerprint density at radius 2 is 2.43 bits per heavy atom. The van der Waals surface area contributed by atoms with Crippen LogP contribution in [0, 0.1) is 0 Å². The van der Waals surface area contributed by atoms with E-state index in [0.717, 1.165) is 0 Å². The van der Waals surface area contributed by atoms with E-state index < -0.39 is 0 Å². The molecular formula is C7H5BrN4OS. The van der Waals surface area contributed by atoms with E-state index in [1.165, 1.54) is 16.2 Å². The molecule has 0 fully saturated rings. The van der Waals surface area contributed by atoms with Gasteiger partial charge < -0.3 is 0 Å². The molecule has 0 radical (unpaired) electrons. The molecule has 0 bridgehead atoms. The largest absolute Gasteiger partial charge is 0.285 e. The summed E-state index contributed by atoms with van der Waals surface area (Å²) in [5.74, 6) is -0.175. The summed E-state index contributed by atoms with van der Waals surface area (Å²) in [5.41, 5.74) is 0.831. The molecule has 0 aliphatic heterocycles. The van der Waals surface area contributed by atoms with Gasteiger partial charge in [-0.2, -0.15) is 4.37 Å². The number of carbonyl (C=O) groups excluding carboxylic acids is 1. The third-order valence-electron chi connectivity index (χ3n) is 1.67. The lowest BCUT2D eigenvalue weighted by atomic mass is 10.2. The molecule has 72 valence electrons. The fraction of sp³-hybridized carbons (Fsp3) is 0.143. The highest BCUT2D eigenvalue weighted by Gasteiger charge is 2.19. The number of carbonyl (C=O) groups is 1. The van der Waals surface area contributed by atoms with Crippen LogP contribution in [0.2, 0.25) is 0 Å². The Bertz CT molecular complexity index is 444. The maximum atomic E-state index is 11.8. The number of halogens is 1. The van der Waals surface area contributed by atoms with Gasteiger partial charge in [-0.25, -0.2) is 4.68 Å². The van der Waals surface area contributed by atoms with Crippen molar-refractivity contribution < 1.29 is 4.79 Å². The molecule has 2 aromatic rings. The minimum atomic E-state index is -0.175. The van der Waals surface area contributed by atoms with Gasteiger partial charge in [-0.3, -0.25) is 4.79 Å². The first-order valence-electron chi connectivity index (χ1n) is 3.70. The second-order valence-electron chi connectivity index (χ2n) is 2.57. The predicted octanol–water partition coefficient (Wildman–Crippen LogP) is 1.27. The first-order chi connectivity index (χ1) is 6.70. The van der Waals surface area contributed by atoms with E-state index >= 15 is 0 Å². The molecule has 0 spiro atoms. The van der Waals surface area contributed by atoms with Crippen molar-refractivity contribution in [2.75, 3.05) is 0 Å². The standard InChI is InChI=1S/C7H5BrN4OS/c1-12-5(7(8)9-11-12)6(13)4-2-3-14-10-4/h2-3H,1H3. The summed E-state index contributed by atoms with van der Waals surface area (Å²) in [7, 11) is 1.66. The maximum Gasteiger partial charge on any atom is 0.233 e. The lowest BCUT2D eigenvalue weighted by molar-refractivity contribution is 0.102. The second kappa shape index (κ2) is 3.58. The molecule has 0 aromatic carbocycles.